The van der Waals surface area contributed by atoms with Gasteiger partial charge in [-0.25, -0.2) is 4.98 Å². The Morgan fingerprint density at radius 1 is 1.36 bits per heavy atom. The second-order valence-corrected chi connectivity index (χ2v) is 7.76. The summed E-state index contributed by atoms with van der Waals surface area (Å²) in [5.41, 5.74) is 0.674. The first-order chi connectivity index (χ1) is 10.6. The van der Waals surface area contributed by atoms with Crippen LogP contribution in [0.1, 0.15) is 26.2 Å². The van der Waals surface area contributed by atoms with Gasteiger partial charge in [0, 0.05) is 20.1 Å². The molecule has 5 nitrogen and oxygen atoms in total. The third kappa shape index (κ3) is 2.92. The third-order valence-corrected chi connectivity index (χ3v) is 5.97. The van der Waals surface area contributed by atoms with Crippen LogP contribution in [0.5, 0.6) is 0 Å². The first-order valence-corrected chi connectivity index (χ1v) is 9.23. The molecular formula is C15H19N3O2S2. The van der Waals surface area contributed by atoms with Crippen LogP contribution in [-0.2, 0) is 11.8 Å². The maximum absolute atomic E-state index is 12.5. The summed E-state index contributed by atoms with van der Waals surface area (Å²) in [5.74, 6) is 0.143. The lowest BCUT2D eigenvalue weighted by molar-refractivity contribution is -0.131. The molecule has 3 rings (SSSR count). The van der Waals surface area contributed by atoms with E-state index in [0.717, 1.165) is 25.9 Å². The number of fused-ring (bicyclic) bond motifs is 1. The number of thioether (sulfide) groups is 1. The molecule has 1 amide bonds. The highest BCUT2D eigenvalue weighted by Crippen LogP contribution is 2.25. The van der Waals surface area contributed by atoms with Gasteiger partial charge >= 0.3 is 0 Å². The van der Waals surface area contributed by atoms with Gasteiger partial charge in [-0.3, -0.25) is 14.2 Å². The van der Waals surface area contributed by atoms with Crippen molar-refractivity contribution in [1.82, 2.24) is 14.5 Å². The average Bonchev–Trinajstić information content (AvgIpc) is 3.01. The Bertz CT molecular complexity index is 747. The summed E-state index contributed by atoms with van der Waals surface area (Å²) in [6.45, 7) is 3.59. The molecule has 2 aromatic heterocycles. The van der Waals surface area contributed by atoms with Crippen molar-refractivity contribution in [1.29, 1.82) is 0 Å². The number of thiophene rings is 1. The highest BCUT2D eigenvalue weighted by Gasteiger charge is 2.24. The van der Waals surface area contributed by atoms with Gasteiger partial charge in [0.05, 0.1) is 10.8 Å². The van der Waals surface area contributed by atoms with E-state index in [1.807, 2.05) is 23.3 Å². The number of piperidine rings is 1. The molecule has 1 atom stereocenters. The maximum atomic E-state index is 12.5. The fraction of sp³-hybridized carbons (Fsp3) is 0.533. The van der Waals surface area contributed by atoms with Crippen LogP contribution in [0.4, 0.5) is 0 Å². The van der Waals surface area contributed by atoms with Crippen molar-refractivity contribution >= 4 is 39.2 Å². The van der Waals surface area contributed by atoms with E-state index in [9.17, 15) is 9.59 Å². The van der Waals surface area contributed by atoms with E-state index in [0.29, 0.717) is 15.4 Å². The smallest absolute Gasteiger partial charge is 0.271 e. The van der Waals surface area contributed by atoms with Gasteiger partial charge in [0.15, 0.2) is 5.16 Å². The van der Waals surface area contributed by atoms with Crippen molar-refractivity contribution in [3.63, 3.8) is 0 Å². The van der Waals surface area contributed by atoms with Gasteiger partial charge in [-0.1, -0.05) is 11.8 Å². The Kier molecular flexibility index (Phi) is 4.54. The van der Waals surface area contributed by atoms with Crippen LogP contribution >= 0.6 is 23.1 Å². The molecule has 0 aliphatic carbocycles. The van der Waals surface area contributed by atoms with E-state index < -0.39 is 0 Å². The SMILES string of the molecule is CC(Sc1nc2ccsc2c(=O)n1C)C(=O)N1CCCCC1. The number of carbonyl (C=O) groups excluding carboxylic acids is 1. The van der Waals surface area contributed by atoms with Gasteiger partial charge in [-0.2, -0.15) is 0 Å². The first kappa shape index (κ1) is 15.6. The molecule has 0 bridgehead atoms. The summed E-state index contributed by atoms with van der Waals surface area (Å²) < 4.78 is 2.21. The van der Waals surface area contributed by atoms with E-state index in [1.54, 1.807) is 11.6 Å². The summed E-state index contributed by atoms with van der Waals surface area (Å²) in [7, 11) is 1.72. The Hall–Kier alpha value is -1.34. The average molecular weight is 337 g/mol. The molecular weight excluding hydrogens is 318 g/mol. The van der Waals surface area contributed by atoms with E-state index in [-0.39, 0.29) is 16.7 Å². The number of amides is 1. The first-order valence-electron chi connectivity index (χ1n) is 7.47. The monoisotopic (exact) mass is 337 g/mol. The summed E-state index contributed by atoms with van der Waals surface area (Å²) in [5, 5.41) is 2.25. The van der Waals surface area contributed by atoms with Crippen LogP contribution in [0.25, 0.3) is 10.2 Å². The fourth-order valence-corrected chi connectivity index (χ4v) is 4.42. The van der Waals surface area contributed by atoms with Gasteiger partial charge in [-0.15, -0.1) is 11.3 Å². The molecule has 0 saturated carbocycles. The molecule has 1 saturated heterocycles. The van der Waals surface area contributed by atoms with E-state index in [1.165, 1.54) is 29.5 Å². The zero-order chi connectivity index (χ0) is 15.7. The van der Waals surface area contributed by atoms with Crippen LogP contribution < -0.4 is 5.56 Å². The summed E-state index contributed by atoms with van der Waals surface area (Å²) in [4.78, 5) is 31.3. The Morgan fingerprint density at radius 2 is 2.09 bits per heavy atom. The third-order valence-electron chi connectivity index (χ3n) is 3.94. The van der Waals surface area contributed by atoms with Crippen molar-refractivity contribution in [3.05, 3.63) is 21.8 Å². The summed E-state index contributed by atoms with van der Waals surface area (Å²) in [6, 6.07) is 1.85. The molecule has 1 unspecified atom stereocenters. The van der Waals surface area contributed by atoms with Gasteiger partial charge < -0.3 is 4.90 Å². The minimum Gasteiger partial charge on any atom is -0.342 e. The Balaban J connectivity index is 1.81. The molecule has 0 aromatic carbocycles. The Labute approximate surface area is 137 Å². The topological polar surface area (TPSA) is 55.2 Å². The van der Waals surface area contributed by atoms with Crippen molar-refractivity contribution < 1.29 is 4.79 Å². The normalized spacial score (nSPS) is 16.9. The van der Waals surface area contributed by atoms with Gasteiger partial charge in [0.2, 0.25) is 5.91 Å². The highest BCUT2D eigenvalue weighted by molar-refractivity contribution is 8.00. The van der Waals surface area contributed by atoms with Crippen LogP contribution in [0.15, 0.2) is 21.4 Å². The zero-order valence-corrected chi connectivity index (χ0v) is 14.4. The minimum absolute atomic E-state index is 0.0416. The van der Waals surface area contributed by atoms with Crippen LogP contribution in [0.3, 0.4) is 0 Å². The fourth-order valence-electron chi connectivity index (χ4n) is 2.65. The second kappa shape index (κ2) is 6.42. The van der Waals surface area contributed by atoms with Crippen LogP contribution in [-0.4, -0.2) is 38.7 Å². The molecule has 7 heteroatoms. The second-order valence-electron chi connectivity index (χ2n) is 5.54. The number of aromatic nitrogens is 2. The number of nitrogens with zero attached hydrogens (tertiary/aromatic N) is 3. The molecule has 0 radical (unpaired) electrons. The predicted octanol–water partition coefficient (Wildman–Crippen LogP) is 2.49. The van der Waals surface area contributed by atoms with Crippen LogP contribution in [0, 0.1) is 0 Å². The molecule has 1 aliphatic rings. The summed E-state index contributed by atoms with van der Waals surface area (Å²) in [6.07, 6.45) is 3.37. The number of hydrogen-bond acceptors (Lipinski definition) is 5. The zero-order valence-electron chi connectivity index (χ0n) is 12.7. The maximum Gasteiger partial charge on any atom is 0.271 e. The molecule has 118 valence electrons. The highest BCUT2D eigenvalue weighted by atomic mass is 32.2. The van der Waals surface area contributed by atoms with Crippen molar-refractivity contribution in [2.75, 3.05) is 13.1 Å². The molecule has 1 aliphatic heterocycles. The predicted molar refractivity (Wildman–Crippen MR) is 90.6 cm³/mol. The molecule has 0 N–H and O–H groups in total. The quantitative estimate of drug-likeness (QED) is 0.638. The van der Waals surface area contributed by atoms with E-state index in [4.69, 9.17) is 0 Å². The number of hydrogen-bond donors (Lipinski definition) is 0. The van der Waals surface area contributed by atoms with E-state index in [2.05, 4.69) is 4.98 Å². The molecule has 0 spiro atoms. The molecule has 2 aromatic rings. The van der Waals surface area contributed by atoms with Gasteiger partial charge in [0.25, 0.3) is 5.56 Å². The lowest BCUT2D eigenvalue weighted by Crippen LogP contribution is -2.40. The van der Waals surface area contributed by atoms with E-state index >= 15 is 0 Å². The lowest BCUT2D eigenvalue weighted by atomic mass is 10.1. The van der Waals surface area contributed by atoms with Crippen molar-refractivity contribution in [3.8, 4) is 0 Å². The molecule has 1 fully saturated rings. The standard InChI is InChI=1S/C15H19N3O2S2/c1-10(13(19)18-7-4-3-5-8-18)22-15-16-11-6-9-21-12(11)14(20)17(15)2/h6,9-10H,3-5,7-8H2,1-2H3. The summed E-state index contributed by atoms with van der Waals surface area (Å²) >= 11 is 2.77. The minimum atomic E-state index is -0.229. The number of carbonyl (C=O) groups is 1. The van der Waals surface area contributed by atoms with Gasteiger partial charge in [-0.05, 0) is 37.6 Å². The van der Waals surface area contributed by atoms with Gasteiger partial charge in [0.1, 0.15) is 4.70 Å². The van der Waals surface area contributed by atoms with Crippen LogP contribution in [0.2, 0.25) is 0 Å². The molecule has 22 heavy (non-hydrogen) atoms. The Morgan fingerprint density at radius 3 is 2.82 bits per heavy atom. The molecule has 3 heterocycles. The number of rotatable bonds is 3. The van der Waals surface area contributed by atoms with Crippen molar-refractivity contribution in [2.45, 2.75) is 36.6 Å². The lowest BCUT2D eigenvalue weighted by Gasteiger charge is -2.29. The largest absolute Gasteiger partial charge is 0.342 e. The number of likely N-dealkylation sites (tertiary alicyclic amines) is 1. The van der Waals surface area contributed by atoms with Crippen molar-refractivity contribution in [2.24, 2.45) is 7.05 Å².